The Morgan fingerprint density at radius 3 is 2.31 bits per heavy atom. The molecule has 1 fully saturated rings. The summed E-state index contributed by atoms with van der Waals surface area (Å²) in [6.07, 6.45) is 1.95. The fourth-order valence-corrected chi connectivity index (χ4v) is 5.65. The van der Waals surface area contributed by atoms with E-state index in [1.165, 1.54) is 4.31 Å². The number of thiophene rings is 1. The van der Waals surface area contributed by atoms with Gasteiger partial charge in [-0.3, -0.25) is 4.79 Å². The number of carbonyl (C=O) groups excluding carboxylic acids is 1. The number of nitrogens with zero attached hydrogens (tertiary/aromatic N) is 2. The van der Waals surface area contributed by atoms with Crippen molar-refractivity contribution in [1.29, 1.82) is 0 Å². The highest BCUT2D eigenvalue weighted by Gasteiger charge is 2.27. The van der Waals surface area contributed by atoms with Gasteiger partial charge in [0.25, 0.3) is 0 Å². The Morgan fingerprint density at radius 2 is 1.69 bits per heavy atom. The van der Waals surface area contributed by atoms with Crippen LogP contribution < -0.4 is 0 Å². The van der Waals surface area contributed by atoms with Crippen LogP contribution >= 0.6 is 11.3 Å². The van der Waals surface area contributed by atoms with Gasteiger partial charge in [0.15, 0.2) is 0 Å². The predicted molar refractivity (Wildman–Crippen MR) is 118 cm³/mol. The number of carbonyl (C=O) groups is 1. The van der Waals surface area contributed by atoms with Gasteiger partial charge in [-0.2, -0.15) is 4.31 Å². The number of hydrogen-bond acceptors (Lipinski definition) is 4. The van der Waals surface area contributed by atoms with Gasteiger partial charge in [0.1, 0.15) is 0 Å². The molecule has 0 atom stereocenters. The SMILES string of the molecule is CC(C)(C)c1ccc(S(=O)(=O)N2CCCCN(C(=O)Cc3cccs3)CC2)cc1. The maximum Gasteiger partial charge on any atom is 0.243 e. The van der Waals surface area contributed by atoms with Crippen molar-refractivity contribution in [3.8, 4) is 0 Å². The van der Waals surface area contributed by atoms with Crippen molar-refractivity contribution in [3.63, 3.8) is 0 Å². The largest absolute Gasteiger partial charge is 0.341 e. The molecule has 1 aliphatic heterocycles. The Morgan fingerprint density at radius 1 is 1.00 bits per heavy atom. The molecule has 1 aromatic carbocycles. The van der Waals surface area contributed by atoms with Crippen molar-refractivity contribution in [2.45, 2.75) is 50.3 Å². The zero-order chi connectivity index (χ0) is 21.1. The van der Waals surface area contributed by atoms with Crippen LogP contribution in [0.4, 0.5) is 0 Å². The standard InChI is InChI=1S/C22H30N2O3S2/c1-22(2,3)18-8-10-20(11-9-18)29(26,27)24-13-5-4-12-23(14-15-24)21(25)17-19-7-6-16-28-19/h6-11,16H,4-5,12-15,17H2,1-3H3. The first-order valence-electron chi connectivity index (χ1n) is 10.1. The minimum Gasteiger partial charge on any atom is -0.341 e. The number of rotatable bonds is 4. The van der Waals surface area contributed by atoms with Crippen LogP contribution in [0.1, 0.15) is 44.1 Å². The third-order valence-corrected chi connectivity index (χ3v) is 8.11. The van der Waals surface area contributed by atoms with Crippen LogP contribution in [0, 0.1) is 0 Å². The Kier molecular flexibility index (Phi) is 6.81. The summed E-state index contributed by atoms with van der Waals surface area (Å²) in [6, 6.07) is 11.1. The van der Waals surface area contributed by atoms with Gasteiger partial charge < -0.3 is 4.90 Å². The second-order valence-electron chi connectivity index (χ2n) is 8.52. The monoisotopic (exact) mass is 434 g/mol. The van der Waals surface area contributed by atoms with Crippen LogP contribution in [0.2, 0.25) is 0 Å². The second kappa shape index (κ2) is 8.98. The molecule has 0 saturated carbocycles. The molecular weight excluding hydrogens is 404 g/mol. The molecule has 0 unspecified atom stereocenters. The van der Waals surface area contributed by atoms with Gasteiger partial charge in [-0.15, -0.1) is 11.3 Å². The van der Waals surface area contributed by atoms with E-state index >= 15 is 0 Å². The second-order valence-corrected chi connectivity index (χ2v) is 11.5. The van der Waals surface area contributed by atoms with E-state index < -0.39 is 10.0 Å². The van der Waals surface area contributed by atoms with Crippen molar-refractivity contribution in [1.82, 2.24) is 9.21 Å². The van der Waals surface area contributed by atoms with Crippen LogP contribution in [0.5, 0.6) is 0 Å². The lowest BCUT2D eigenvalue weighted by atomic mass is 9.87. The van der Waals surface area contributed by atoms with Crippen LogP contribution in [0.25, 0.3) is 0 Å². The van der Waals surface area contributed by atoms with E-state index in [2.05, 4.69) is 20.8 Å². The van der Waals surface area contributed by atoms with Crippen molar-refractivity contribution in [2.75, 3.05) is 26.2 Å². The highest BCUT2D eigenvalue weighted by atomic mass is 32.2. The van der Waals surface area contributed by atoms with Gasteiger partial charge in [0, 0.05) is 31.1 Å². The van der Waals surface area contributed by atoms with Gasteiger partial charge in [-0.1, -0.05) is 39.0 Å². The highest BCUT2D eigenvalue weighted by Crippen LogP contribution is 2.25. The quantitative estimate of drug-likeness (QED) is 0.733. The smallest absolute Gasteiger partial charge is 0.243 e. The highest BCUT2D eigenvalue weighted by molar-refractivity contribution is 7.89. The Balaban J connectivity index is 1.70. The van der Waals surface area contributed by atoms with Crippen molar-refractivity contribution in [3.05, 3.63) is 52.2 Å². The summed E-state index contributed by atoms with van der Waals surface area (Å²) in [4.78, 5) is 15.8. The Bertz CT molecular complexity index is 914. The molecule has 158 valence electrons. The maximum atomic E-state index is 13.2. The van der Waals surface area contributed by atoms with Crippen molar-refractivity contribution in [2.24, 2.45) is 0 Å². The first kappa shape index (κ1) is 22.0. The zero-order valence-electron chi connectivity index (χ0n) is 17.4. The van der Waals surface area contributed by atoms with Crippen LogP contribution in [-0.4, -0.2) is 49.7 Å². The normalized spacial score (nSPS) is 17.0. The third kappa shape index (κ3) is 5.47. The van der Waals surface area contributed by atoms with E-state index in [0.29, 0.717) is 37.5 Å². The molecule has 29 heavy (non-hydrogen) atoms. The summed E-state index contributed by atoms with van der Waals surface area (Å²) >= 11 is 1.58. The van der Waals surface area contributed by atoms with Crippen molar-refractivity contribution < 1.29 is 13.2 Å². The predicted octanol–water partition coefficient (Wildman–Crippen LogP) is 3.90. The summed E-state index contributed by atoms with van der Waals surface area (Å²) in [5.74, 6) is 0.0706. The molecule has 2 heterocycles. The summed E-state index contributed by atoms with van der Waals surface area (Å²) in [5, 5.41) is 1.97. The van der Waals surface area contributed by atoms with Crippen LogP contribution in [-0.2, 0) is 26.7 Å². The number of sulfonamides is 1. The summed E-state index contributed by atoms with van der Waals surface area (Å²) < 4.78 is 27.9. The molecule has 1 amide bonds. The fourth-order valence-electron chi connectivity index (χ4n) is 3.49. The Labute approximate surface area is 178 Å². The molecule has 3 rings (SSSR count). The molecule has 0 radical (unpaired) electrons. The summed E-state index contributed by atoms with van der Waals surface area (Å²) in [6.45, 7) is 8.28. The number of benzene rings is 1. The zero-order valence-corrected chi connectivity index (χ0v) is 19.1. The van der Waals surface area contributed by atoms with Gasteiger partial charge in [0.2, 0.25) is 15.9 Å². The molecule has 1 aromatic heterocycles. The lowest BCUT2D eigenvalue weighted by Gasteiger charge is -2.30. The molecule has 0 bridgehead atoms. The van der Waals surface area contributed by atoms with E-state index in [4.69, 9.17) is 0 Å². The lowest BCUT2D eigenvalue weighted by molar-refractivity contribution is -0.130. The maximum absolute atomic E-state index is 13.2. The minimum absolute atomic E-state index is 0.0216. The van der Waals surface area contributed by atoms with Gasteiger partial charge in [-0.25, -0.2) is 8.42 Å². The number of hydrogen-bond donors (Lipinski definition) is 0. The molecular formula is C22H30N2O3S2. The first-order valence-corrected chi connectivity index (χ1v) is 12.4. The van der Waals surface area contributed by atoms with Gasteiger partial charge in [-0.05, 0) is 47.4 Å². The topological polar surface area (TPSA) is 57.7 Å². The molecule has 0 N–H and O–H groups in total. The fraction of sp³-hybridized carbons (Fsp3) is 0.500. The Hall–Kier alpha value is -1.70. The summed E-state index contributed by atoms with van der Waals surface area (Å²) in [7, 11) is -3.57. The molecule has 1 aliphatic rings. The van der Waals surface area contributed by atoms with E-state index in [0.717, 1.165) is 23.3 Å². The lowest BCUT2D eigenvalue weighted by Crippen LogP contribution is -2.44. The van der Waals surface area contributed by atoms with Crippen molar-refractivity contribution >= 4 is 27.3 Å². The molecule has 0 aliphatic carbocycles. The average Bonchev–Trinajstić information content (AvgIpc) is 3.13. The van der Waals surface area contributed by atoms with E-state index in [1.807, 2.05) is 34.5 Å². The molecule has 7 heteroatoms. The first-order chi connectivity index (χ1) is 13.7. The third-order valence-electron chi connectivity index (χ3n) is 5.32. The molecule has 0 spiro atoms. The van der Waals surface area contributed by atoms with E-state index in [1.54, 1.807) is 23.5 Å². The minimum atomic E-state index is -3.57. The summed E-state index contributed by atoms with van der Waals surface area (Å²) in [5.41, 5.74) is 1.08. The average molecular weight is 435 g/mol. The molecule has 1 saturated heterocycles. The van der Waals surface area contributed by atoms with Crippen LogP contribution in [0.3, 0.4) is 0 Å². The van der Waals surface area contributed by atoms with E-state index in [-0.39, 0.29) is 11.3 Å². The molecule has 2 aromatic rings. The molecule has 5 nitrogen and oxygen atoms in total. The van der Waals surface area contributed by atoms with Gasteiger partial charge >= 0.3 is 0 Å². The van der Waals surface area contributed by atoms with Crippen LogP contribution in [0.15, 0.2) is 46.7 Å². The number of amides is 1. The van der Waals surface area contributed by atoms with E-state index in [9.17, 15) is 13.2 Å². The van der Waals surface area contributed by atoms with Gasteiger partial charge in [0.05, 0.1) is 11.3 Å².